The number of hydrogen-bond donors (Lipinski definition) is 2. The number of benzene rings is 2. The van der Waals surface area contributed by atoms with Crippen molar-refractivity contribution in [2.45, 2.75) is 89.9 Å². The Morgan fingerprint density at radius 1 is 1.04 bits per heavy atom. The number of aromatic nitrogens is 6. The molecule has 0 saturated heterocycles. The van der Waals surface area contributed by atoms with Crippen molar-refractivity contribution in [2.75, 3.05) is 6.61 Å². The van der Waals surface area contributed by atoms with Crippen LogP contribution in [0.3, 0.4) is 0 Å². The maximum absolute atomic E-state index is 14.4. The van der Waals surface area contributed by atoms with Gasteiger partial charge in [0.1, 0.15) is 6.33 Å². The minimum absolute atomic E-state index is 0. The van der Waals surface area contributed by atoms with Gasteiger partial charge in [-0.05, 0) is 69.1 Å². The van der Waals surface area contributed by atoms with Gasteiger partial charge in [0.15, 0.2) is 5.82 Å². The average Bonchev–Trinajstić information content (AvgIpc) is 3.70. The molecule has 0 amide bonds. The van der Waals surface area contributed by atoms with Crippen LogP contribution < -0.4 is 11.3 Å². The molecule has 12 heteroatoms. The predicted octanol–water partition coefficient (Wildman–Crippen LogP) is 4.73. The van der Waals surface area contributed by atoms with E-state index in [1.54, 1.807) is 13.8 Å². The zero-order valence-corrected chi connectivity index (χ0v) is 30.2. The Morgan fingerprint density at radius 2 is 1.76 bits per heavy atom. The number of rotatable bonds is 11. The summed E-state index contributed by atoms with van der Waals surface area (Å²) >= 11 is 0. The first-order valence-corrected chi connectivity index (χ1v) is 15.8. The largest absolute Gasteiger partial charge is 0.439 e. The van der Waals surface area contributed by atoms with Crippen LogP contribution in [0, 0.1) is 0 Å². The molecule has 1 aliphatic carbocycles. The molecule has 6 rings (SSSR count). The molecular weight excluding hydrogens is 612 g/mol. The van der Waals surface area contributed by atoms with E-state index >= 15 is 0 Å². The Bertz CT molecular complexity index is 1880. The van der Waals surface area contributed by atoms with Gasteiger partial charge in [-0.15, -0.1) is 0 Å². The van der Waals surface area contributed by atoms with Crippen LogP contribution in [0.15, 0.2) is 69.0 Å². The summed E-state index contributed by atoms with van der Waals surface area (Å²) in [6, 6.07) is 15.8. The maximum Gasteiger partial charge on any atom is 0.439 e. The summed E-state index contributed by atoms with van der Waals surface area (Å²) in [6.07, 6.45) is 7.95. The third kappa shape index (κ3) is 7.70. The third-order valence-electron chi connectivity index (χ3n) is 8.54. The quantitative estimate of drug-likeness (QED) is 0.196. The molecule has 0 atom stereocenters. The van der Waals surface area contributed by atoms with Crippen molar-refractivity contribution in [3.8, 4) is 22.5 Å². The Hall–Kier alpha value is -2.71. The normalized spacial score (nSPS) is 16.9. The van der Waals surface area contributed by atoms with Gasteiger partial charge in [-0.2, -0.15) is 10.1 Å². The summed E-state index contributed by atoms with van der Waals surface area (Å²) < 4.78 is 14.4. The fourth-order valence-electron chi connectivity index (χ4n) is 6.27. The number of nitrogens with one attached hydrogen (secondary N) is 1. The fourth-order valence-corrected chi connectivity index (χ4v) is 6.27. The molecule has 0 bridgehead atoms. The van der Waals surface area contributed by atoms with Crippen LogP contribution in [0.1, 0.15) is 82.2 Å². The second-order valence-electron chi connectivity index (χ2n) is 12.6. The molecule has 46 heavy (non-hydrogen) atoms. The predicted molar refractivity (Wildman–Crippen MR) is 176 cm³/mol. The maximum atomic E-state index is 14.4. The van der Waals surface area contributed by atoms with Crippen molar-refractivity contribution in [3.05, 3.63) is 92.6 Å². The Morgan fingerprint density at radius 3 is 2.41 bits per heavy atom. The van der Waals surface area contributed by atoms with Gasteiger partial charge in [0.05, 0.1) is 24.0 Å². The van der Waals surface area contributed by atoms with Gasteiger partial charge in [-0.25, -0.2) is 9.31 Å². The molecule has 1 fully saturated rings. The summed E-state index contributed by atoms with van der Waals surface area (Å²) in [6.45, 7) is 5.92. The first-order valence-electron chi connectivity index (χ1n) is 15.8. The number of aliphatic hydroxyl groups is 1. The molecule has 5 aromatic rings. The van der Waals surface area contributed by atoms with Crippen molar-refractivity contribution >= 4 is 57.2 Å². The van der Waals surface area contributed by atoms with Crippen LogP contribution in [0.4, 0.5) is 0 Å². The second-order valence-corrected chi connectivity index (χ2v) is 12.6. The van der Waals surface area contributed by atoms with Gasteiger partial charge < -0.3 is 9.84 Å². The molecule has 1 aliphatic rings. The van der Waals surface area contributed by atoms with E-state index in [4.69, 9.17) is 9.26 Å². The van der Waals surface area contributed by atoms with Gasteiger partial charge in [-0.3, -0.25) is 18.9 Å². The van der Waals surface area contributed by atoms with E-state index in [0.29, 0.717) is 18.0 Å². The van der Waals surface area contributed by atoms with Crippen LogP contribution in [0.2, 0.25) is 0 Å². The zero-order valence-electron chi connectivity index (χ0n) is 27.0. The van der Waals surface area contributed by atoms with E-state index in [2.05, 4.69) is 27.1 Å². The number of nitrogens with zero attached hydrogens (tertiary/aromatic N) is 5. The van der Waals surface area contributed by atoms with Crippen LogP contribution in [0.5, 0.6) is 0 Å². The number of aryl methyl sites for hydroxylation is 1. The SMILES string of the molecule is CCCCc1c(Cc2ccc(-c3ccccc3-c3noc(=O)[nH]3)cc2)c(=O)n(C2CCC(OCC(C)(C)O)CC2)c2ncnn12.[K]. The summed E-state index contributed by atoms with van der Waals surface area (Å²) in [4.78, 5) is 33.1. The number of H-pyrrole nitrogens is 1. The van der Waals surface area contributed by atoms with Gasteiger partial charge >= 0.3 is 5.76 Å². The van der Waals surface area contributed by atoms with Gasteiger partial charge in [0.2, 0.25) is 5.78 Å². The van der Waals surface area contributed by atoms with Crippen LogP contribution >= 0.6 is 0 Å². The zero-order chi connectivity index (χ0) is 31.6. The number of ether oxygens (including phenoxy) is 1. The smallest absolute Gasteiger partial charge is 0.388 e. The standard InChI is InChI=1S/C34H40N6O5.K/c1-4-5-10-29-28(19-22-11-13-23(14-12-22)26-8-6-7-9-27(26)30-37-33(42)45-38-30)31(41)39(32-35-21-36-40(29)32)24-15-17-25(18-16-24)44-20-34(2,3)43;/h6-9,11-14,21,24-25,43H,4-5,10,15-20H2,1-3H3,(H,37,38,42);. The van der Waals surface area contributed by atoms with Crippen molar-refractivity contribution < 1.29 is 14.4 Å². The van der Waals surface area contributed by atoms with E-state index in [-0.39, 0.29) is 75.7 Å². The Labute approximate surface area is 309 Å². The number of unbranched alkanes of at least 4 members (excludes halogenated alkanes) is 1. The average molecular weight is 652 g/mol. The molecule has 2 N–H and O–H groups in total. The third-order valence-corrected chi connectivity index (χ3v) is 8.54. The van der Waals surface area contributed by atoms with E-state index in [0.717, 1.165) is 78.5 Å². The van der Waals surface area contributed by atoms with E-state index in [1.807, 2.05) is 57.6 Å². The summed E-state index contributed by atoms with van der Waals surface area (Å²) in [5.41, 5.74) is 4.42. The minimum Gasteiger partial charge on any atom is -0.388 e. The molecule has 2 aromatic carbocycles. The first-order chi connectivity index (χ1) is 21.7. The molecule has 0 aliphatic heterocycles. The van der Waals surface area contributed by atoms with Crippen LogP contribution in [-0.2, 0) is 17.6 Å². The van der Waals surface area contributed by atoms with Crippen LogP contribution in [-0.4, -0.2) is 104 Å². The molecule has 1 saturated carbocycles. The number of fused-ring (bicyclic) bond motifs is 1. The van der Waals surface area contributed by atoms with Crippen molar-refractivity contribution in [3.63, 3.8) is 0 Å². The van der Waals surface area contributed by atoms with Crippen molar-refractivity contribution in [1.82, 2.24) is 29.3 Å². The monoisotopic (exact) mass is 651 g/mol. The molecule has 0 unspecified atom stereocenters. The molecule has 3 aromatic heterocycles. The Kier molecular flexibility index (Phi) is 11.3. The molecule has 3 heterocycles. The second kappa shape index (κ2) is 15.0. The summed E-state index contributed by atoms with van der Waals surface area (Å²) in [5.74, 6) is 0.365. The van der Waals surface area contributed by atoms with E-state index in [9.17, 15) is 14.7 Å². The van der Waals surface area contributed by atoms with Gasteiger partial charge in [0, 0.05) is 75.0 Å². The van der Waals surface area contributed by atoms with Crippen LogP contribution in [0.25, 0.3) is 28.3 Å². The van der Waals surface area contributed by atoms with E-state index in [1.165, 1.54) is 6.33 Å². The van der Waals surface area contributed by atoms with Gasteiger partial charge in [0.25, 0.3) is 5.56 Å². The first kappa shape index (κ1) is 34.6. The molecule has 1 radical (unpaired) electrons. The summed E-state index contributed by atoms with van der Waals surface area (Å²) in [7, 11) is 0. The molecular formula is C34H40KN6O5. The molecule has 237 valence electrons. The van der Waals surface area contributed by atoms with Gasteiger partial charge in [-0.1, -0.05) is 67.0 Å². The molecule has 11 nitrogen and oxygen atoms in total. The minimum atomic E-state index is -0.871. The number of hydrogen-bond acceptors (Lipinski definition) is 8. The molecule has 0 spiro atoms. The van der Waals surface area contributed by atoms with E-state index < -0.39 is 11.4 Å². The van der Waals surface area contributed by atoms with Crippen molar-refractivity contribution in [1.29, 1.82) is 0 Å². The Balaban J connectivity index is 0.00000417. The fraction of sp³-hybridized carbons (Fsp3) is 0.441. The topological polar surface area (TPSA) is 141 Å². The number of aromatic amines is 1. The summed E-state index contributed by atoms with van der Waals surface area (Å²) in [5, 5.41) is 18.5. The van der Waals surface area contributed by atoms with Crippen molar-refractivity contribution in [2.24, 2.45) is 0 Å².